The fourth-order valence-electron chi connectivity index (χ4n) is 4.56. The van der Waals surface area contributed by atoms with Gasteiger partial charge in [0.05, 0.1) is 6.54 Å². The Morgan fingerprint density at radius 2 is 1.68 bits per heavy atom. The molecule has 7 nitrogen and oxygen atoms in total. The lowest BCUT2D eigenvalue weighted by Gasteiger charge is -2.35. The van der Waals surface area contributed by atoms with Crippen LogP contribution in [0.2, 0.25) is 0 Å². The van der Waals surface area contributed by atoms with Gasteiger partial charge in [0.25, 0.3) is 5.91 Å². The molecule has 1 heterocycles. The van der Waals surface area contributed by atoms with Crippen molar-refractivity contribution in [2.75, 3.05) is 38.0 Å². The number of anilines is 1. The van der Waals surface area contributed by atoms with Gasteiger partial charge in [-0.3, -0.25) is 19.3 Å². The Morgan fingerprint density at radius 1 is 0.935 bits per heavy atom. The largest absolute Gasteiger partial charge is 0.349 e. The molecule has 2 saturated carbocycles. The molecule has 1 saturated heterocycles. The summed E-state index contributed by atoms with van der Waals surface area (Å²) in [5, 5.41) is 5.86. The topological polar surface area (TPSA) is 81.8 Å². The number of benzene rings is 1. The minimum atomic E-state index is -0.0956. The maximum absolute atomic E-state index is 12.6. The maximum atomic E-state index is 12.6. The van der Waals surface area contributed by atoms with Gasteiger partial charge in [0, 0.05) is 49.9 Å². The Hall–Kier alpha value is -2.41. The Kier molecular flexibility index (Phi) is 7.22. The van der Waals surface area contributed by atoms with Crippen molar-refractivity contribution < 1.29 is 14.4 Å². The number of hydrogen-bond donors (Lipinski definition) is 2. The van der Waals surface area contributed by atoms with Crippen molar-refractivity contribution in [1.29, 1.82) is 0 Å². The average Bonchev–Trinajstić information content (AvgIpc) is 3.59. The second kappa shape index (κ2) is 10.3. The average molecular weight is 427 g/mol. The van der Waals surface area contributed by atoms with Crippen LogP contribution in [0.4, 0.5) is 5.69 Å². The van der Waals surface area contributed by atoms with Crippen LogP contribution >= 0.6 is 0 Å². The summed E-state index contributed by atoms with van der Waals surface area (Å²) in [6.45, 7) is 3.11. The van der Waals surface area contributed by atoms with E-state index in [1.165, 1.54) is 32.1 Å². The monoisotopic (exact) mass is 426 g/mol. The molecule has 1 aromatic carbocycles. The highest BCUT2D eigenvalue weighted by molar-refractivity contribution is 5.97. The number of nitrogens with zero attached hydrogens (tertiary/aromatic N) is 2. The summed E-state index contributed by atoms with van der Waals surface area (Å²) in [6, 6.07) is 7.37. The van der Waals surface area contributed by atoms with Gasteiger partial charge in [-0.25, -0.2) is 0 Å². The van der Waals surface area contributed by atoms with Crippen LogP contribution in [0.1, 0.15) is 61.7 Å². The van der Waals surface area contributed by atoms with Gasteiger partial charge >= 0.3 is 0 Å². The zero-order chi connectivity index (χ0) is 21.6. The zero-order valence-electron chi connectivity index (χ0n) is 18.3. The predicted molar refractivity (Wildman–Crippen MR) is 120 cm³/mol. The van der Waals surface area contributed by atoms with E-state index in [-0.39, 0.29) is 17.7 Å². The van der Waals surface area contributed by atoms with Crippen molar-refractivity contribution in [2.45, 2.75) is 57.4 Å². The summed E-state index contributed by atoms with van der Waals surface area (Å²) >= 11 is 0. The molecule has 1 aromatic rings. The lowest BCUT2D eigenvalue weighted by atomic mass is 9.86. The fraction of sp³-hybridized carbons (Fsp3) is 0.625. The van der Waals surface area contributed by atoms with Crippen molar-refractivity contribution in [2.24, 2.45) is 5.92 Å². The smallest absolute Gasteiger partial charge is 0.251 e. The van der Waals surface area contributed by atoms with Gasteiger partial charge in [-0.15, -0.1) is 0 Å². The van der Waals surface area contributed by atoms with E-state index >= 15 is 0 Å². The van der Waals surface area contributed by atoms with Gasteiger partial charge in [0.15, 0.2) is 0 Å². The molecule has 0 unspecified atom stereocenters. The summed E-state index contributed by atoms with van der Waals surface area (Å²) < 4.78 is 0. The minimum absolute atomic E-state index is 0.0902. The summed E-state index contributed by atoms with van der Waals surface area (Å²) in [6.07, 6.45) is 8.98. The van der Waals surface area contributed by atoms with Crippen LogP contribution in [0, 0.1) is 5.92 Å². The standard InChI is InChI=1S/C24H34N4O3/c29-22(25-21-8-4-7-19(16-21)24(31)26-20-9-10-20)17-27-11-13-28(14-12-27)23(30)15-18-5-2-1-3-6-18/h4,7-8,16,18,20H,1-3,5-6,9-15,17H2,(H,25,29)(H,26,31). The van der Waals surface area contributed by atoms with Gasteiger partial charge in [0.1, 0.15) is 0 Å². The second-order valence-corrected chi connectivity index (χ2v) is 9.24. The van der Waals surface area contributed by atoms with Crippen LogP contribution in [0.5, 0.6) is 0 Å². The van der Waals surface area contributed by atoms with E-state index in [1.54, 1.807) is 24.3 Å². The Balaban J connectivity index is 1.19. The molecular weight excluding hydrogens is 392 g/mol. The van der Waals surface area contributed by atoms with Gasteiger partial charge in [-0.2, -0.15) is 0 Å². The lowest BCUT2D eigenvalue weighted by molar-refractivity contribution is -0.134. The van der Waals surface area contributed by atoms with Crippen LogP contribution in [0.15, 0.2) is 24.3 Å². The summed E-state index contributed by atoms with van der Waals surface area (Å²) in [7, 11) is 0. The molecular formula is C24H34N4O3. The van der Waals surface area contributed by atoms with E-state index < -0.39 is 0 Å². The van der Waals surface area contributed by atoms with E-state index in [0.717, 1.165) is 12.8 Å². The number of carbonyl (C=O) groups is 3. The highest BCUT2D eigenvalue weighted by atomic mass is 16.2. The van der Waals surface area contributed by atoms with Crippen molar-refractivity contribution in [3.63, 3.8) is 0 Å². The minimum Gasteiger partial charge on any atom is -0.349 e. The first-order valence-electron chi connectivity index (χ1n) is 11.8. The highest BCUT2D eigenvalue weighted by Gasteiger charge is 2.26. The molecule has 0 bridgehead atoms. The molecule has 1 aliphatic heterocycles. The normalized spacial score (nSPS) is 20.3. The van der Waals surface area contributed by atoms with Crippen LogP contribution in [-0.2, 0) is 9.59 Å². The van der Waals surface area contributed by atoms with Crippen LogP contribution in [0.25, 0.3) is 0 Å². The molecule has 4 rings (SSSR count). The van der Waals surface area contributed by atoms with Gasteiger partial charge in [-0.1, -0.05) is 25.3 Å². The molecule has 31 heavy (non-hydrogen) atoms. The molecule has 3 fully saturated rings. The molecule has 0 spiro atoms. The third-order valence-electron chi connectivity index (χ3n) is 6.60. The molecule has 2 aliphatic carbocycles. The maximum Gasteiger partial charge on any atom is 0.251 e. The van der Waals surface area contributed by atoms with Crippen molar-refractivity contribution in [3.05, 3.63) is 29.8 Å². The molecule has 0 radical (unpaired) electrons. The third kappa shape index (κ3) is 6.53. The third-order valence-corrected chi connectivity index (χ3v) is 6.60. The number of amides is 3. The van der Waals surface area contributed by atoms with Crippen LogP contribution in [-0.4, -0.2) is 66.3 Å². The first kappa shape index (κ1) is 21.8. The number of nitrogens with one attached hydrogen (secondary N) is 2. The zero-order valence-corrected chi connectivity index (χ0v) is 18.3. The fourth-order valence-corrected chi connectivity index (χ4v) is 4.56. The Morgan fingerprint density at radius 3 is 2.39 bits per heavy atom. The molecule has 0 atom stereocenters. The first-order chi connectivity index (χ1) is 15.1. The van der Waals surface area contributed by atoms with Crippen molar-refractivity contribution in [3.8, 4) is 0 Å². The summed E-state index contributed by atoms with van der Waals surface area (Å²) in [5.41, 5.74) is 1.20. The summed E-state index contributed by atoms with van der Waals surface area (Å²) in [4.78, 5) is 41.3. The van der Waals surface area contributed by atoms with E-state index in [4.69, 9.17) is 0 Å². The van der Waals surface area contributed by atoms with E-state index in [0.29, 0.717) is 62.4 Å². The first-order valence-corrected chi connectivity index (χ1v) is 11.8. The van der Waals surface area contributed by atoms with E-state index in [2.05, 4.69) is 15.5 Å². The summed E-state index contributed by atoms with van der Waals surface area (Å²) in [5.74, 6) is 0.652. The predicted octanol–water partition coefficient (Wildman–Crippen LogP) is 2.63. The number of carbonyl (C=O) groups excluding carboxylic acids is 3. The van der Waals surface area contributed by atoms with Crippen molar-refractivity contribution in [1.82, 2.24) is 15.1 Å². The number of piperazine rings is 1. The van der Waals surface area contributed by atoms with Gasteiger partial charge in [-0.05, 0) is 49.8 Å². The van der Waals surface area contributed by atoms with Crippen molar-refractivity contribution >= 4 is 23.4 Å². The van der Waals surface area contributed by atoms with E-state index in [9.17, 15) is 14.4 Å². The molecule has 3 amide bonds. The molecule has 168 valence electrons. The lowest BCUT2D eigenvalue weighted by Crippen LogP contribution is -2.50. The second-order valence-electron chi connectivity index (χ2n) is 9.24. The molecule has 7 heteroatoms. The Labute approximate surface area is 184 Å². The number of rotatable bonds is 7. The number of hydrogen-bond acceptors (Lipinski definition) is 4. The van der Waals surface area contributed by atoms with Gasteiger partial charge in [0.2, 0.25) is 11.8 Å². The van der Waals surface area contributed by atoms with Crippen LogP contribution in [0.3, 0.4) is 0 Å². The van der Waals surface area contributed by atoms with Crippen LogP contribution < -0.4 is 10.6 Å². The van der Waals surface area contributed by atoms with Gasteiger partial charge < -0.3 is 15.5 Å². The molecule has 2 N–H and O–H groups in total. The molecule has 0 aromatic heterocycles. The SMILES string of the molecule is O=C(CN1CCN(C(=O)CC2CCCCC2)CC1)Nc1cccc(C(=O)NC2CC2)c1. The van der Waals surface area contributed by atoms with E-state index in [1.807, 2.05) is 4.90 Å². The highest BCUT2D eigenvalue weighted by Crippen LogP contribution is 2.27. The molecule has 3 aliphatic rings. The quantitative estimate of drug-likeness (QED) is 0.702. The Bertz CT molecular complexity index is 794.